The number of rotatable bonds is 5. The summed E-state index contributed by atoms with van der Waals surface area (Å²) in [5, 5.41) is 7.14. The van der Waals surface area contributed by atoms with Gasteiger partial charge in [0.05, 0.1) is 30.1 Å². The quantitative estimate of drug-likeness (QED) is 0.420. The summed E-state index contributed by atoms with van der Waals surface area (Å²) in [5.41, 5.74) is 3.77. The lowest BCUT2D eigenvalue weighted by Crippen LogP contribution is -2.02. The van der Waals surface area contributed by atoms with Crippen molar-refractivity contribution in [1.29, 1.82) is 0 Å². The van der Waals surface area contributed by atoms with Crippen LogP contribution in [-0.2, 0) is 6.61 Å². The third-order valence-electron chi connectivity index (χ3n) is 4.46. The van der Waals surface area contributed by atoms with E-state index < -0.39 is 0 Å². The van der Waals surface area contributed by atoms with Crippen LogP contribution in [0.25, 0.3) is 28.1 Å². The van der Waals surface area contributed by atoms with Gasteiger partial charge in [0.1, 0.15) is 29.4 Å². The molecule has 0 amide bonds. The number of ether oxygens (including phenoxy) is 2. The Balaban J connectivity index is 1.55. The normalized spacial score (nSPS) is 11.4. The van der Waals surface area contributed by atoms with E-state index in [9.17, 15) is 0 Å². The zero-order chi connectivity index (χ0) is 20.0. The Hall–Kier alpha value is -3.33. The molecule has 5 aromatic rings. The highest BCUT2D eigenvalue weighted by Gasteiger charge is 2.16. The van der Waals surface area contributed by atoms with Crippen LogP contribution in [0.4, 0.5) is 0 Å². The topological polar surface area (TPSA) is 74.7 Å². The van der Waals surface area contributed by atoms with Gasteiger partial charge in [-0.3, -0.25) is 4.98 Å². The van der Waals surface area contributed by atoms with Crippen molar-refractivity contribution in [2.45, 2.75) is 13.5 Å². The number of hydrogen-bond acceptors (Lipinski definition) is 7. The molecule has 0 saturated heterocycles. The van der Waals surface area contributed by atoms with Gasteiger partial charge in [-0.15, -0.1) is 11.3 Å². The fraction of sp³-hybridized carbons (Fsp3) is 0.150. The number of fused-ring (bicyclic) bond motifs is 2. The van der Waals surface area contributed by atoms with Crippen molar-refractivity contribution in [3.63, 3.8) is 0 Å². The molecule has 0 unspecified atom stereocenters. The molecule has 0 N–H and O–H groups in total. The first-order chi connectivity index (χ1) is 14.1. The van der Waals surface area contributed by atoms with E-state index >= 15 is 0 Å². The molecule has 5 rings (SSSR count). The highest BCUT2D eigenvalue weighted by Crippen LogP contribution is 2.37. The largest absolute Gasteiger partial charge is 0.496 e. The summed E-state index contributed by atoms with van der Waals surface area (Å²) in [6.07, 6.45) is 1.84. The monoisotopic (exact) mass is 402 g/mol. The zero-order valence-electron chi connectivity index (χ0n) is 15.7. The van der Waals surface area contributed by atoms with E-state index in [0.717, 1.165) is 22.4 Å². The molecule has 0 saturated carbocycles. The van der Waals surface area contributed by atoms with Gasteiger partial charge in [-0.25, -0.2) is 9.50 Å². The van der Waals surface area contributed by atoms with Gasteiger partial charge in [0.15, 0.2) is 19.3 Å². The molecular formula is C20H15BN4O3S. The highest BCUT2D eigenvalue weighted by atomic mass is 32.1. The molecule has 142 valence electrons. The van der Waals surface area contributed by atoms with Crippen LogP contribution in [0, 0.1) is 6.92 Å². The van der Waals surface area contributed by atoms with E-state index in [1.54, 1.807) is 11.6 Å². The molecule has 0 bridgehead atoms. The second kappa shape index (κ2) is 6.93. The van der Waals surface area contributed by atoms with Crippen LogP contribution >= 0.6 is 11.3 Å². The molecule has 0 atom stereocenters. The van der Waals surface area contributed by atoms with Gasteiger partial charge in [-0.2, -0.15) is 5.10 Å². The molecule has 2 radical (unpaired) electrons. The number of nitrogens with zero attached hydrogens (tertiary/aromatic N) is 4. The summed E-state index contributed by atoms with van der Waals surface area (Å²) in [6.45, 7) is 2.24. The number of imidazole rings is 1. The Labute approximate surface area is 171 Å². The summed E-state index contributed by atoms with van der Waals surface area (Å²) in [4.78, 5) is 9.34. The zero-order valence-corrected chi connectivity index (χ0v) is 16.6. The van der Waals surface area contributed by atoms with Crippen LogP contribution < -0.4 is 14.4 Å². The molecule has 4 aromatic heterocycles. The van der Waals surface area contributed by atoms with Gasteiger partial charge in [-0.05, 0) is 25.1 Å². The Morgan fingerprint density at radius 1 is 1.21 bits per heavy atom. The van der Waals surface area contributed by atoms with Crippen molar-refractivity contribution in [3.8, 4) is 23.0 Å². The lowest BCUT2D eigenvalue weighted by atomic mass is 10.2. The van der Waals surface area contributed by atoms with Crippen molar-refractivity contribution in [3.05, 3.63) is 53.3 Å². The van der Waals surface area contributed by atoms with Crippen LogP contribution in [0.1, 0.15) is 11.4 Å². The molecule has 7 nitrogen and oxygen atoms in total. The molecule has 0 aliphatic heterocycles. The number of hydrogen-bond donors (Lipinski definition) is 0. The molecule has 4 heterocycles. The molecule has 9 heteroatoms. The molecule has 0 spiro atoms. The maximum atomic E-state index is 6.06. The summed E-state index contributed by atoms with van der Waals surface area (Å²) >= 11 is 1.38. The average Bonchev–Trinajstić information content (AvgIpc) is 3.42. The number of aryl methyl sites for hydroxylation is 1. The number of benzene rings is 1. The molecule has 0 fully saturated rings. The Kier molecular flexibility index (Phi) is 4.24. The van der Waals surface area contributed by atoms with Gasteiger partial charge < -0.3 is 13.9 Å². The average molecular weight is 402 g/mol. The molecule has 1 aromatic carbocycles. The molecular weight excluding hydrogens is 387 g/mol. The minimum atomic E-state index is 0.300. The third kappa shape index (κ3) is 3.34. The van der Waals surface area contributed by atoms with E-state index in [1.807, 2.05) is 48.8 Å². The first-order valence-electron chi connectivity index (χ1n) is 8.87. The SMILES string of the molecule is [B]c1nc(COc2cc(OC)cc3oc(-c4cn5nc(C)ccc5n4)cc23)cs1. The summed E-state index contributed by atoms with van der Waals surface area (Å²) in [7, 11) is 7.30. The van der Waals surface area contributed by atoms with Crippen LogP contribution in [0.2, 0.25) is 0 Å². The minimum Gasteiger partial charge on any atom is -0.496 e. The highest BCUT2D eigenvalue weighted by molar-refractivity contribution is 7.17. The van der Waals surface area contributed by atoms with Crippen molar-refractivity contribution < 1.29 is 13.9 Å². The van der Waals surface area contributed by atoms with Crippen molar-refractivity contribution in [1.82, 2.24) is 19.6 Å². The van der Waals surface area contributed by atoms with Crippen LogP contribution in [-0.4, -0.2) is 34.5 Å². The Bertz CT molecular complexity index is 1340. The lowest BCUT2D eigenvalue weighted by molar-refractivity contribution is 0.303. The molecule has 0 aliphatic carbocycles. The minimum absolute atomic E-state index is 0.300. The van der Waals surface area contributed by atoms with Crippen molar-refractivity contribution in [2.75, 3.05) is 7.11 Å². The first kappa shape index (κ1) is 17.8. The summed E-state index contributed by atoms with van der Waals surface area (Å²) in [6, 6.07) is 9.41. The standard InChI is InChI=1S/C20H15BN4O3S/c1-11-3-4-19-23-15(8-25(19)24-11)18-7-14-16(5-13(26-2)6-17(14)28-18)27-9-12-10-29-20(21)22-12/h3-8,10H,9H2,1-2H3. The van der Waals surface area contributed by atoms with E-state index in [1.165, 1.54) is 11.3 Å². The van der Waals surface area contributed by atoms with E-state index in [0.29, 0.717) is 40.1 Å². The fourth-order valence-electron chi connectivity index (χ4n) is 3.08. The van der Waals surface area contributed by atoms with Gasteiger partial charge in [0, 0.05) is 22.4 Å². The third-order valence-corrected chi connectivity index (χ3v) is 5.18. The maximum Gasteiger partial charge on any atom is 0.157 e. The van der Waals surface area contributed by atoms with Gasteiger partial charge >= 0.3 is 0 Å². The van der Waals surface area contributed by atoms with Crippen LogP contribution in [0.3, 0.4) is 0 Å². The van der Waals surface area contributed by atoms with E-state index in [4.69, 9.17) is 21.7 Å². The van der Waals surface area contributed by atoms with Gasteiger partial charge in [-0.1, -0.05) is 0 Å². The van der Waals surface area contributed by atoms with Crippen LogP contribution in [0.5, 0.6) is 11.5 Å². The van der Waals surface area contributed by atoms with Crippen molar-refractivity contribution in [2.24, 2.45) is 0 Å². The number of aromatic nitrogens is 4. The second-order valence-corrected chi connectivity index (χ2v) is 7.41. The fourth-order valence-corrected chi connectivity index (χ4v) is 3.63. The van der Waals surface area contributed by atoms with Crippen molar-refractivity contribution >= 4 is 40.7 Å². The molecule has 29 heavy (non-hydrogen) atoms. The predicted molar refractivity (Wildman–Crippen MR) is 111 cm³/mol. The first-order valence-corrected chi connectivity index (χ1v) is 9.75. The van der Waals surface area contributed by atoms with Crippen LogP contribution in [0.15, 0.2) is 46.3 Å². The Morgan fingerprint density at radius 2 is 2.10 bits per heavy atom. The molecule has 0 aliphatic rings. The van der Waals surface area contributed by atoms with E-state index in [-0.39, 0.29) is 0 Å². The number of furan rings is 1. The van der Waals surface area contributed by atoms with Gasteiger partial charge in [0.25, 0.3) is 0 Å². The lowest BCUT2D eigenvalue weighted by Gasteiger charge is -2.07. The predicted octanol–water partition coefficient (Wildman–Crippen LogP) is 3.29. The number of thiazole rings is 1. The maximum absolute atomic E-state index is 6.06. The summed E-state index contributed by atoms with van der Waals surface area (Å²) in [5.74, 6) is 1.90. The Morgan fingerprint density at radius 3 is 2.90 bits per heavy atom. The van der Waals surface area contributed by atoms with Gasteiger partial charge in [0.2, 0.25) is 0 Å². The smallest absolute Gasteiger partial charge is 0.157 e. The second-order valence-electron chi connectivity index (χ2n) is 6.52. The number of methoxy groups -OCH3 is 1. The summed E-state index contributed by atoms with van der Waals surface area (Å²) < 4.78 is 19.2. The van der Waals surface area contributed by atoms with E-state index in [2.05, 4.69) is 15.1 Å².